The maximum absolute atomic E-state index is 13.3. The number of hydrogen-bond acceptors (Lipinski definition) is 3. The number of nitrogens with one attached hydrogen (secondary N) is 1. The third kappa shape index (κ3) is 6.19. The average molecular weight is 552 g/mol. The number of amides is 2. The van der Waals surface area contributed by atoms with E-state index in [2.05, 4.69) is 21.2 Å². The molecule has 0 radical (unpaired) electrons. The molecule has 33 heavy (non-hydrogen) atoms. The van der Waals surface area contributed by atoms with Crippen LogP contribution in [0.25, 0.3) is 10.8 Å². The lowest BCUT2D eigenvalue weighted by molar-refractivity contribution is -0.142. The summed E-state index contributed by atoms with van der Waals surface area (Å²) in [5.41, 5.74) is 0.771. The highest BCUT2D eigenvalue weighted by Crippen LogP contribution is 2.33. The fourth-order valence-electron chi connectivity index (χ4n) is 3.59. The van der Waals surface area contributed by atoms with Crippen molar-refractivity contribution in [2.75, 3.05) is 13.2 Å². The van der Waals surface area contributed by atoms with Crippen molar-refractivity contribution in [1.29, 1.82) is 0 Å². The van der Waals surface area contributed by atoms with E-state index in [1.807, 2.05) is 50.2 Å². The Labute approximate surface area is 212 Å². The van der Waals surface area contributed by atoms with Gasteiger partial charge in [0, 0.05) is 13.1 Å². The van der Waals surface area contributed by atoms with Crippen LogP contribution in [0, 0.1) is 0 Å². The lowest BCUT2D eigenvalue weighted by atomic mass is 10.1. The van der Waals surface area contributed by atoms with E-state index in [1.165, 1.54) is 4.90 Å². The van der Waals surface area contributed by atoms with Crippen molar-refractivity contribution in [1.82, 2.24) is 10.2 Å². The second kappa shape index (κ2) is 11.7. The summed E-state index contributed by atoms with van der Waals surface area (Å²) < 4.78 is 6.66. The predicted molar refractivity (Wildman–Crippen MR) is 137 cm³/mol. The zero-order chi connectivity index (χ0) is 24.0. The third-order valence-electron chi connectivity index (χ3n) is 5.25. The second-order valence-electron chi connectivity index (χ2n) is 7.48. The minimum atomic E-state index is -0.643. The van der Waals surface area contributed by atoms with Gasteiger partial charge in [0.05, 0.1) is 14.5 Å². The van der Waals surface area contributed by atoms with Gasteiger partial charge in [-0.1, -0.05) is 66.5 Å². The Balaban J connectivity index is 1.84. The van der Waals surface area contributed by atoms with E-state index < -0.39 is 6.04 Å². The second-order valence-corrected chi connectivity index (χ2v) is 9.08. The molecule has 3 aromatic rings. The molecule has 0 saturated carbocycles. The lowest BCUT2D eigenvalue weighted by Gasteiger charge is -2.30. The highest BCUT2D eigenvalue weighted by atomic mass is 79.9. The highest BCUT2D eigenvalue weighted by Gasteiger charge is 2.29. The number of benzene rings is 3. The summed E-state index contributed by atoms with van der Waals surface area (Å²) in [5, 5.41) is 5.69. The Morgan fingerprint density at radius 2 is 1.82 bits per heavy atom. The molecule has 0 aliphatic rings. The van der Waals surface area contributed by atoms with E-state index in [4.69, 9.17) is 27.9 Å². The molecule has 0 aliphatic carbocycles. The fourth-order valence-corrected chi connectivity index (χ4v) is 4.52. The lowest BCUT2D eigenvalue weighted by Crippen LogP contribution is -2.50. The van der Waals surface area contributed by atoms with Crippen molar-refractivity contribution in [3.05, 3.63) is 74.7 Å². The maximum Gasteiger partial charge on any atom is 0.261 e. The molecule has 1 N–H and O–H groups in total. The molecule has 3 aromatic carbocycles. The minimum Gasteiger partial charge on any atom is -0.483 e. The standard InChI is InChI=1S/C25H25BrCl2N2O3/c1-3-21(25(32)29-4-2)30(14-16-9-11-19(27)20(28)13-16)23(31)15-33-22-12-10-17-7-5-6-8-18(17)24(22)26/h5-13,21H,3-4,14-15H2,1-2H3,(H,29,32). The van der Waals surface area contributed by atoms with Crippen LogP contribution in [0.15, 0.2) is 59.1 Å². The van der Waals surface area contributed by atoms with Crippen molar-refractivity contribution in [2.24, 2.45) is 0 Å². The van der Waals surface area contributed by atoms with Crippen LogP contribution in [0.5, 0.6) is 5.75 Å². The van der Waals surface area contributed by atoms with E-state index in [-0.39, 0.29) is 25.0 Å². The first-order chi connectivity index (χ1) is 15.8. The average Bonchev–Trinajstić information content (AvgIpc) is 2.81. The molecule has 8 heteroatoms. The number of fused-ring (bicyclic) bond motifs is 1. The van der Waals surface area contributed by atoms with Gasteiger partial charge in [-0.3, -0.25) is 9.59 Å². The summed E-state index contributed by atoms with van der Waals surface area (Å²) in [6.07, 6.45) is 0.457. The van der Waals surface area contributed by atoms with Crippen LogP contribution >= 0.6 is 39.1 Å². The van der Waals surface area contributed by atoms with Crippen molar-refractivity contribution in [2.45, 2.75) is 32.9 Å². The van der Waals surface area contributed by atoms with Crippen LogP contribution in [-0.4, -0.2) is 35.9 Å². The number of hydrogen-bond donors (Lipinski definition) is 1. The SMILES string of the molecule is CCNC(=O)C(CC)N(Cc1ccc(Cl)c(Cl)c1)C(=O)COc1ccc2ccccc2c1Br. The molecular weight excluding hydrogens is 527 g/mol. The Morgan fingerprint density at radius 3 is 2.52 bits per heavy atom. The zero-order valence-electron chi connectivity index (χ0n) is 18.4. The summed E-state index contributed by atoms with van der Waals surface area (Å²) >= 11 is 15.8. The first-order valence-electron chi connectivity index (χ1n) is 10.7. The molecular formula is C25H25BrCl2N2O3. The quantitative estimate of drug-likeness (QED) is 0.343. The molecule has 0 saturated heterocycles. The van der Waals surface area contributed by atoms with Crippen LogP contribution in [0.2, 0.25) is 10.0 Å². The van der Waals surface area contributed by atoms with Crippen LogP contribution in [-0.2, 0) is 16.1 Å². The normalized spacial score (nSPS) is 11.8. The molecule has 0 aliphatic heterocycles. The summed E-state index contributed by atoms with van der Waals surface area (Å²) in [4.78, 5) is 27.5. The number of carbonyl (C=O) groups is 2. The van der Waals surface area contributed by atoms with Crippen molar-refractivity contribution >= 4 is 61.7 Å². The molecule has 0 aromatic heterocycles. The molecule has 0 bridgehead atoms. The van der Waals surface area contributed by atoms with E-state index in [0.717, 1.165) is 20.8 Å². The van der Waals surface area contributed by atoms with Gasteiger partial charge in [-0.15, -0.1) is 0 Å². The van der Waals surface area contributed by atoms with Crippen molar-refractivity contribution in [3.8, 4) is 5.75 Å². The molecule has 5 nitrogen and oxygen atoms in total. The Kier molecular flexibility index (Phi) is 9.01. The first-order valence-corrected chi connectivity index (χ1v) is 12.2. The zero-order valence-corrected chi connectivity index (χ0v) is 21.5. The predicted octanol–water partition coefficient (Wildman–Crippen LogP) is 6.23. The summed E-state index contributed by atoms with van der Waals surface area (Å²) in [5.74, 6) is 0.0436. The van der Waals surface area contributed by atoms with Gasteiger partial charge in [-0.2, -0.15) is 0 Å². The first kappa shape index (κ1) is 25.3. The van der Waals surface area contributed by atoms with Crippen LogP contribution < -0.4 is 10.1 Å². The van der Waals surface area contributed by atoms with E-state index in [1.54, 1.807) is 18.2 Å². The van der Waals surface area contributed by atoms with Crippen LogP contribution in [0.3, 0.4) is 0 Å². The Hall–Kier alpha value is -2.28. The van der Waals surface area contributed by atoms with Crippen LogP contribution in [0.1, 0.15) is 25.8 Å². The summed E-state index contributed by atoms with van der Waals surface area (Å²) in [6.45, 7) is 4.18. The van der Waals surface area contributed by atoms with Gasteiger partial charge in [0.2, 0.25) is 5.91 Å². The number of halogens is 3. The Morgan fingerprint density at radius 1 is 1.06 bits per heavy atom. The van der Waals surface area contributed by atoms with Gasteiger partial charge >= 0.3 is 0 Å². The molecule has 1 atom stereocenters. The minimum absolute atomic E-state index is 0.202. The molecule has 3 rings (SSSR count). The topological polar surface area (TPSA) is 58.6 Å². The van der Waals surface area contributed by atoms with E-state index >= 15 is 0 Å². The molecule has 0 fully saturated rings. The number of likely N-dealkylation sites (N-methyl/N-ethyl adjacent to an activating group) is 1. The van der Waals surface area contributed by atoms with Gasteiger partial charge in [-0.05, 0) is 63.8 Å². The molecule has 174 valence electrons. The van der Waals surface area contributed by atoms with E-state index in [0.29, 0.717) is 28.8 Å². The van der Waals surface area contributed by atoms with Crippen LogP contribution in [0.4, 0.5) is 0 Å². The molecule has 2 amide bonds. The molecule has 0 spiro atoms. The van der Waals surface area contributed by atoms with Crippen molar-refractivity contribution < 1.29 is 14.3 Å². The monoisotopic (exact) mass is 550 g/mol. The van der Waals surface area contributed by atoms with Crippen molar-refractivity contribution in [3.63, 3.8) is 0 Å². The smallest absolute Gasteiger partial charge is 0.261 e. The summed E-state index contributed by atoms with van der Waals surface area (Å²) in [7, 11) is 0. The fraction of sp³-hybridized carbons (Fsp3) is 0.280. The number of carbonyl (C=O) groups excluding carboxylic acids is 2. The third-order valence-corrected chi connectivity index (χ3v) is 6.81. The van der Waals surface area contributed by atoms with Gasteiger partial charge in [0.15, 0.2) is 6.61 Å². The van der Waals surface area contributed by atoms with Gasteiger partial charge in [-0.25, -0.2) is 0 Å². The van der Waals surface area contributed by atoms with Gasteiger partial charge < -0.3 is 15.0 Å². The number of rotatable bonds is 9. The van der Waals surface area contributed by atoms with E-state index in [9.17, 15) is 9.59 Å². The largest absolute Gasteiger partial charge is 0.483 e. The highest BCUT2D eigenvalue weighted by molar-refractivity contribution is 9.10. The van der Waals surface area contributed by atoms with Gasteiger partial charge in [0.25, 0.3) is 5.91 Å². The Bertz CT molecular complexity index is 1160. The maximum atomic E-state index is 13.3. The molecule has 1 unspecified atom stereocenters. The number of ether oxygens (including phenoxy) is 1. The van der Waals surface area contributed by atoms with Gasteiger partial charge in [0.1, 0.15) is 11.8 Å². The summed E-state index contributed by atoms with van der Waals surface area (Å²) in [6, 6.07) is 16.2. The number of nitrogens with zero attached hydrogens (tertiary/aromatic N) is 1. The molecule has 0 heterocycles.